The van der Waals surface area contributed by atoms with E-state index in [0.29, 0.717) is 12.5 Å². The summed E-state index contributed by atoms with van der Waals surface area (Å²) in [6, 6.07) is 8.46. The number of rotatable bonds is 2. The molecule has 2 aliphatic rings. The number of hydrogen-bond acceptors (Lipinski definition) is 3. The third-order valence-corrected chi connectivity index (χ3v) is 4.11. The van der Waals surface area contributed by atoms with Crippen molar-refractivity contribution in [1.82, 2.24) is 5.32 Å². The van der Waals surface area contributed by atoms with Gasteiger partial charge in [-0.15, -0.1) is 0 Å². The van der Waals surface area contributed by atoms with Crippen LogP contribution >= 0.6 is 0 Å². The van der Waals surface area contributed by atoms with Crippen LogP contribution < -0.4 is 10.2 Å². The normalized spacial score (nSPS) is 26.1. The van der Waals surface area contributed by atoms with E-state index in [1.807, 2.05) is 23.1 Å². The van der Waals surface area contributed by atoms with E-state index in [-0.39, 0.29) is 12.0 Å². The second-order valence-electron chi connectivity index (χ2n) is 5.75. The second-order valence-corrected chi connectivity index (χ2v) is 5.75. The molecule has 1 fully saturated rings. The number of nitrogens with zero attached hydrogens (tertiary/aromatic N) is 1. The van der Waals surface area contributed by atoms with E-state index in [1.165, 1.54) is 5.56 Å². The molecule has 108 valence electrons. The highest BCUT2D eigenvalue weighted by atomic mass is 16.5. The highest BCUT2D eigenvalue weighted by molar-refractivity contribution is 5.94. The SMILES string of the molecule is CC1CN(C(=O)CC2CCCO2)c2ccccc2CN1. The maximum atomic E-state index is 12.6. The smallest absolute Gasteiger partial charge is 0.229 e. The Hall–Kier alpha value is -1.39. The van der Waals surface area contributed by atoms with Crippen molar-refractivity contribution in [3.63, 3.8) is 0 Å². The first-order valence-corrected chi connectivity index (χ1v) is 7.47. The Morgan fingerprint density at radius 3 is 3.10 bits per heavy atom. The molecule has 0 spiro atoms. The molecular formula is C16H22N2O2. The van der Waals surface area contributed by atoms with Gasteiger partial charge in [-0.2, -0.15) is 0 Å². The van der Waals surface area contributed by atoms with Crippen LogP contribution in [0.15, 0.2) is 24.3 Å². The molecule has 1 saturated heterocycles. The maximum absolute atomic E-state index is 12.6. The van der Waals surface area contributed by atoms with Gasteiger partial charge in [0, 0.05) is 31.4 Å². The van der Waals surface area contributed by atoms with Crippen molar-refractivity contribution in [3.8, 4) is 0 Å². The van der Waals surface area contributed by atoms with E-state index in [2.05, 4.69) is 18.3 Å². The van der Waals surface area contributed by atoms with Crippen LogP contribution in [-0.4, -0.2) is 31.2 Å². The summed E-state index contributed by atoms with van der Waals surface area (Å²) in [6.45, 7) is 4.47. The molecule has 2 aliphatic heterocycles. The summed E-state index contributed by atoms with van der Waals surface area (Å²) >= 11 is 0. The van der Waals surface area contributed by atoms with Crippen molar-refractivity contribution in [2.75, 3.05) is 18.1 Å². The average molecular weight is 274 g/mol. The molecule has 0 aliphatic carbocycles. The predicted molar refractivity (Wildman–Crippen MR) is 78.7 cm³/mol. The molecule has 4 heteroatoms. The minimum atomic E-state index is 0.112. The Labute approximate surface area is 120 Å². The fourth-order valence-electron chi connectivity index (χ4n) is 2.99. The summed E-state index contributed by atoms with van der Waals surface area (Å²) in [5, 5.41) is 3.45. The van der Waals surface area contributed by atoms with Crippen molar-refractivity contribution >= 4 is 11.6 Å². The Morgan fingerprint density at radius 1 is 1.45 bits per heavy atom. The Morgan fingerprint density at radius 2 is 2.30 bits per heavy atom. The van der Waals surface area contributed by atoms with Crippen molar-refractivity contribution in [1.29, 1.82) is 0 Å². The third kappa shape index (κ3) is 2.86. The number of hydrogen-bond donors (Lipinski definition) is 1. The van der Waals surface area contributed by atoms with Gasteiger partial charge in [0.05, 0.1) is 12.5 Å². The van der Waals surface area contributed by atoms with E-state index in [9.17, 15) is 4.79 Å². The molecular weight excluding hydrogens is 252 g/mol. The molecule has 0 bridgehead atoms. The first-order chi connectivity index (χ1) is 9.74. The molecule has 2 heterocycles. The van der Waals surface area contributed by atoms with Gasteiger partial charge in [-0.05, 0) is 31.4 Å². The number of amides is 1. The summed E-state index contributed by atoms with van der Waals surface area (Å²) in [4.78, 5) is 14.6. The fourth-order valence-corrected chi connectivity index (χ4v) is 2.99. The summed E-state index contributed by atoms with van der Waals surface area (Å²) < 4.78 is 5.60. The molecule has 2 atom stereocenters. The van der Waals surface area contributed by atoms with Gasteiger partial charge in [0.15, 0.2) is 0 Å². The number of nitrogens with one attached hydrogen (secondary N) is 1. The van der Waals surface area contributed by atoms with Crippen LogP contribution in [0.2, 0.25) is 0 Å². The van der Waals surface area contributed by atoms with Crippen LogP contribution in [0.3, 0.4) is 0 Å². The number of benzene rings is 1. The first kappa shape index (κ1) is 13.6. The number of carbonyl (C=O) groups is 1. The topological polar surface area (TPSA) is 41.6 Å². The highest BCUT2D eigenvalue weighted by Crippen LogP contribution is 2.25. The van der Waals surface area contributed by atoms with Crippen molar-refractivity contribution in [2.24, 2.45) is 0 Å². The summed E-state index contributed by atoms with van der Waals surface area (Å²) in [5.74, 6) is 0.180. The van der Waals surface area contributed by atoms with E-state index < -0.39 is 0 Å². The zero-order valence-electron chi connectivity index (χ0n) is 12.0. The number of para-hydroxylation sites is 1. The molecule has 1 aromatic rings. The van der Waals surface area contributed by atoms with E-state index in [1.54, 1.807) is 0 Å². The predicted octanol–water partition coefficient (Wildman–Crippen LogP) is 2.08. The Bertz CT molecular complexity index is 483. The summed E-state index contributed by atoms with van der Waals surface area (Å²) in [6.07, 6.45) is 2.70. The van der Waals surface area contributed by atoms with Crippen LogP contribution in [0.1, 0.15) is 31.7 Å². The van der Waals surface area contributed by atoms with Crippen molar-refractivity contribution in [3.05, 3.63) is 29.8 Å². The lowest BCUT2D eigenvalue weighted by Gasteiger charge is -2.25. The molecule has 0 aromatic heterocycles. The van der Waals surface area contributed by atoms with Gasteiger partial charge >= 0.3 is 0 Å². The lowest BCUT2D eigenvalue weighted by atomic mass is 10.1. The molecule has 20 heavy (non-hydrogen) atoms. The number of carbonyl (C=O) groups excluding carboxylic acids is 1. The molecule has 1 amide bonds. The van der Waals surface area contributed by atoms with E-state index in [4.69, 9.17) is 4.74 Å². The Kier molecular flexibility index (Phi) is 4.03. The number of fused-ring (bicyclic) bond motifs is 1. The highest BCUT2D eigenvalue weighted by Gasteiger charge is 2.27. The van der Waals surface area contributed by atoms with Crippen LogP contribution in [0.25, 0.3) is 0 Å². The monoisotopic (exact) mass is 274 g/mol. The zero-order chi connectivity index (χ0) is 13.9. The molecule has 4 nitrogen and oxygen atoms in total. The minimum Gasteiger partial charge on any atom is -0.378 e. The maximum Gasteiger partial charge on any atom is 0.229 e. The van der Waals surface area contributed by atoms with Gasteiger partial charge in [-0.1, -0.05) is 18.2 Å². The third-order valence-electron chi connectivity index (χ3n) is 4.11. The molecule has 3 rings (SSSR count). The largest absolute Gasteiger partial charge is 0.378 e. The standard InChI is InChI=1S/C16H22N2O2/c1-12-11-18(16(19)9-14-6-4-8-20-14)15-7-3-2-5-13(15)10-17-12/h2-3,5,7,12,14,17H,4,6,8-11H2,1H3. The zero-order valence-corrected chi connectivity index (χ0v) is 12.0. The van der Waals surface area contributed by atoms with Crippen LogP contribution in [0.4, 0.5) is 5.69 Å². The van der Waals surface area contributed by atoms with Crippen LogP contribution in [-0.2, 0) is 16.1 Å². The molecule has 1 aromatic carbocycles. The van der Waals surface area contributed by atoms with Crippen molar-refractivity contribution in [2.45, 2.75) is 44.9 Å². The second kappa shape index (κ2) is 5.94. The number of anilines is 1. The van der Waals surface area contributed by atoms with Gasteiger partial charge in [-0.25, -0.2) is 0 Å². The molecule has 1 N–H and O–H groups in total. The van der Waals surface area contributed by atoms with Gasteiger partial charge in [0.1, 0.15) is 0 Å². The molecule has 0 radical (unpaired) electrons. The van der Waals surface area contributed by atoms with E-state index >= 15 is 0 Å². The molecule has 2 unspecified atom stereocenters. The van der Waals surface area contributed by atoms with Crippen LogP contribution in [0.5, 0.6) is 0 Å². The fraction of sp³-hybridized carbons (Fsp3) is 0.562. The quantitative estimate of drug-likeness (QED) is 0.898. The van der Waals surface area contributed by atoms with Gasteiger partial charge in [0.25, 0.3) is 0 Å². The summed E-state index contributed by atoms with van der Waals surface area (Å²) in [5.41, 5.74) is 2.24. The van der Waals surface area contributed by atoms with Gasteiger partial charge < -0.3 is 15.0 Å². The lowest BCUT2D eigenvalue weighted by Crippen LogP contribution is -2.40. The van der Waals surface area contributed by atoms with Crippen molar-refractivity contribution < 1.29 is 9.53 Å². The first-order valence-electron chi connectivity index (χ1n) is 7.47. The van der Waals surface area contributed by atoms with Crippen LogP contribution in [0, 0.1) is 0 Å². The van der Waals surface area contributed by atoms with Gasteiger partial charge in [-0.3, -0.25) is 4.79 Å². The lowest BCUT2D eigenvalue weighted by molar-refractivity contribution is -0.120. The summed E-state index contributed by atoms with van der Waals surface area (Å²) in [7, 11) is 0. The van der Waals surface area contributed by atoms with Gasteiger partial charge in [0.2, 0.25) is 5.91 Å². The Balaban J connectivity index is 1.80. The molecule has 0 saturated carbocycles. The average Bonchev–Trinajstić information content (AvgIpc) is 2.89. The van der Waals surface area contributed by atoms with E-state index in [0.717, 1.165) is 38.2 Å². The number of ether oxygens (including phenoxy) is 1. The minimum absolute atomic E-state index is 0.112.